The number of carbonyl (C=O) groups is 2. The molecule has 26 heavy (non-hydrogen) atoms. The van der Waals surface area contributed by atoms with Gasteiger partial charge in [0.05, 0.1) is 11.6 Å². The first kappa shape index (κ1) is 19.5. The van der Waals surface area contributed by atoms with Gasteiger partial charge in [-0.2, -0.15) is 13.2 Å². The standard InChI is InChI=1S/C19H18F3NO3/c1-12(23-13(2)24)14-6-8-15(9-7-14)18(25)11-26-17-5-3-4-16(10-17)19(20,21)22/h3-10,12H,11H2,1-2H3,(H,23,24)/t12-/m0/s1. The summed E-state index contributed by atoms with van der Waals surface area (Å²) in [5, 5.41) is 2.73. The molecule has 0 bridgehead atoms. The normalized spacial score (nSPS) is 12.3. The topological polar surface area (TPSA) is 55.4 Å². The Balaban J connectivity index is 1.99. The first-order valence-electron chi connectivity index (χ1n) is 7.87. The summed E-state index contributed by atoms with van der Waals surface area (Å²) in [4.78, 5) is 23.2. The van der Waals surface area contributed by atoms with Crippen LogP contribution in [-0.4, -0.2) is 18.3 Å². The first-order chi connectivity index (χ1) is 12.2. The van der Waals surface area contributed by atoms with Gasteiger partial charge in [0.1, 0.15) is 5.75 Å². The number of ketones is 1. The van der Waals surface area contributed by atoms with Gasteiger partial charge in [-0.3, -0.25) is 9.59 Å². The van der Waals surface area contributed by atoms with Gasteiger partial charge in [-0.1, -0.05) is 30.3 Å². The van der Waals surface area contributed by atoms with Crippen molar-refractivity contribution < 1.29 is 27.5 Å². The van der Waals surface area contributed by atoms with E-state index in [0.29, 0.717) is 5.56 Å². The highest BCUT2D eigenvalue weighted by atomic mass is 19.4. The lowest BCUT2D eigenvalue weighted by Crippen LogP contribution is -2.23. The molecule has 0 aliphatic rings. The van der Waals surface area contributed by atoms with Crippen LogP contribution in [0.1, 0.15) is 41.4 Å². The van der Waals surface area contributed by atoms with Crippen molar-refractivity contribution in [3.63, 3.8) is 0 Å². The van der Waals surface area contributed by atoms with Crippen LogP contribution < -0.4 is 10.1 Å². The fraction of sp³-hybridized carbons (Fsp3) is 0.263. The van der Waals surface area contributed by atoms with Gasteiger partial charge in [-0.05, 0) is 30.7 Å². The Bertz CT molecular complexity index is 785. The molecular weight excluding hydrogens is 347 g/mol. The van der Waals surface area contributed by atoms with E-state index in [4.69, 9.17) is 4.74 Å². The van der Waals surface area contributed by atoms with Gasteiger partial charge in [-0.25, -0.2) is 0 Å². The van der Waals surface area contributed by atoms with Crippen molar-refractivity contribution in [2.45, 2.75) is 26.1 Å². The smallest absolute Gasteiger partial charge is 0.416 e. The fourth-order valence-electron chi connectivity index (χ4n) is 2.34. The van der Waals surface area contributed by atoms with Gasteiger partial charge < -0.3 is 10.1 Å². The van der Waals surface area contributed by atoms with Crippen LogP contribution >= 0.6 is 0 Å². The van der Waals surface area contributed by atoms with Crippen LogP contribution in [0.2, 0.25) is 0 Å². The summed E-state index contributed by atoms with van der Waals surface area (Å²) in [5.41, 5.74) is 0.366. The molecule has 0 radical (unpaired) electrons. The number of Topliss-reactive ketones (excluding diaryl/α,β-unsaturated/α-hetero) is 1. The van der Waals surface area contributed by atoms with Crippen LogP contribution in [0, 0.1) is 0 Å². The van der Waals surface area contributed by atoms with Crippen molar-refractivity contribution in [2.75, 3.05) is 6.61 Å². The molecule has 0 aromatic heterocycles. The molecule has 2 rings (SSSR count). The van der Waals surface area contributed by atoms with E-state index in [-0.39, 0.29) is 30.1 Å². The van der Waals surface area contributed by atoms with Gasteiger partial charge >= 0.3 is 6.18 Å². The molecule has 1 atom stereocenters. The van der Waals surface area contributed by atoms with Crippen molar-refractivity contribution in [3.05, 3.63) is 65.2 Å². The molecule has 0 spiro atoms. The highest BCUT2D eigenvalue weighted by molar-refractivity contribution is 5.97. The summed E-state index contributed by atoms with van der Waals surface area (Å²) >= 11 is 0. The van der Waals surface area contributed by atoms with Crippen molar-refractivity contribution in [2.24, 2.45) is 0 Å². The van der Waals surface area contributed by atoms with Crippen molar-refractivity contribution in [3.8, 4) is 5.75 Å². The van der Waals surface area contributed by atoms with Crippen LogP contribution in [-0.2, 0) is 11.0 Å². The first-order valence-corrected chi connectivity index (χ1v) is 7.87. The minimum Gasteiger partial charge on any atom is -0.485 e. The molecule has 2 aromatic rings. The second kappa shape index (κ2) is 8.03. The number of alkyl halides is 3. The minimum absolute atomic E-state index is 0.0240. The lowest BCUT2D eigenvalue weighted by molar-refractivity contribution is -0.137. The lowest BCUT2D eigenvalue weighted by atomic mass is 10.0. The lowest BCUT2D eigenvalue weighted by Gasteiger charge is -2.13. The summed E-state index contributed by atoms with van der Waals surface area (Å²) in [5.74, 6) is -0.544. The molecule has 0 aliphatic carbocycles. The van der Waals surface area contributed by atoms with Gasteiger partial charge in [0.25, 0.3) is 0 Å². The van der Waals surface area contributed by atoms with Crippen LogP contribution in [0.5, 0.6) is 5.75 Å². The molecular formula is C19H18F3NO3. The fourth-order valence-corrected chi connectivity index (χ4v) is 2.34. The summed E-state index contributed by atoms with van der Waals surface area (Å²) in [6.45, 7) is 2.86. The van der Waals surface area contributed by atoms with Crippen LogP contribution in [0.4, 0.5) is 13.2 Å². The summed E-state index contributed by atoms with van der Waals surface area (Å²) in [6, 6.07) is 10.8. The zero-order valence-electron chi connectivity index (χ0n) is 14.3. The SMILES string of the molecule is CC(=O)N[C@@H](C)c1ccc(C(=O)COc2cccc(C(F)(F)F)c2)cc1. The number of carbonyl (C=O) groups excluding carboxylic acids is 2. The number of amides is 1. The third kappa shape index (κ3) is 5.34. The Morgan fingerprint density at radius 1 is 1.12 bits per heavy atom. The Hall–Kier alpha value is -2.83. The molecule has 0 heterocycles. The molecule has 2 aromatic carbocycles. The quantitative estimate of drug-likeness (QED) is 0.782. The van der Waals surface area contributed by atoms with E-state index in [1.54, 1.807) is 24.3 Å². The Morgan fingerprint density at radius 2 is 1.77 bits per heavy atom. The van der Waals surface area contributed by atoms with Gasteiger partial charge in [0.15, 0.2) is 12.4 Å². The molecule has 0 saturated heterocycles. The van der Waals surface area contributed by atoms with Crippen LogP contribution in [0.25, 0.3) is 0 Å². The second-order valence-electron chi connectivity index (χ2n) is 5.78. The zero-order chi connectivity index (χ0) is 19.3. The molecule has 0 fully saturated rings. The number of benzene rings is 2. The monoisotopic (exact) mass is 365 g/mol. The van der Waals surface area contributed by atoms with Crippen LogP contribution in [0.15, 0.2) is 48.5 Å². The van der Waals surface area contributed by atoms with E-state index in [1.807, 2.05) is 6.92 Å². The molecule has 1 amide bonds. The van der Waals surface area contributed by atoms with Gasteiger partial charge in [0.2, 0.25) is 5.91 Å². The van der Waals surface area contributed by atoms with Gasteiger partial charge in [0, 0.05) is 12.5 Å². The van der Waals surface area contributed by atoms with E-state index in [1.165, 1.54) is 19.1 Å². The van der Waals surface area contributed by atoms with E-state index in [2.05, 4.69) is 5.32 Å². The number of halogens is 3. The number of nitrogens with one attached hydrogen (secondary N) is 1. The van der Waals surface area contributed by atoms with E-state index < -0.39 is 11.7 Å². The molecule has 4 nitrogen and oxygen atoms in total. The maximum Gasteiger partial charge on any atom is 0.416 e. The molecule has 7 heteroatoms. The van der Waals surface area contributed by atoms with E-state index in [9.17, 15) is 22.8 Å². The summed E-state index contributed by atoms with van der Waals surface area (Å²) < 4.78 is 43.2. The van der Waals surface area contributed by atoms with Gasteiger partial charge in [-0.15, -0.1) is 0 Å². The largest absolute Gasteiger partial charge is 0.485 e. The Kier molecular flexibility index (Phi) is 6.02. The summed E-state index contributed by atoms with van der Waals surface area (Å²) in [6.07, 6.45) is -4.47. The number of hydrogen-bond donors (Lipinski definition) is 1. The molecule has 138 valence electrons. The molecule has 0 unspecified atom stereocenters. The molecule has 1 N–H and O–H groups in total. The maximum absolute atomic E-state index is 12.7. The average molecular weight is 365 g/mol. The molecule has 0 aliphatic heterocycles. The predicted molar refractivity (Wildman–Crippen MR) is 89.9 cm³/mol. The predicted octanol–water partition coefficient (Wildman–Crippen LogP) is 4.16. The average Bonchev–Trinajstić information content (AvgIpc) is 2.58. The number of ether oxygens (including phenoxy) is 1. The van der Waals surface area contributed by atoms with Crippen molar-refractivity contribution >= 4 is 11.7 Å². The second-order valence-corrected chi connectivity index (χ2v) is 5.78. The highest BCUT2D eigenvalue weighted by Crippen LogP contribution is 2.31. The van der Waals surface area contributed by atoms with Crippen molar-refractivity contribution in [1.29, 1.82) is 0 Å². The highest BCUT2D eigenvalue weighted by Gasteiger charge is 2.30. The Labute approximate surface area is 149 Å². The number of hydrogen-bond acceptors (Lipinski definition) is 3. The van der Waals surface area contributed by atoms with E-state index in [0.717, 1.165) is 17.7 Å². The Morgan fingerprint density at radius 3 is 2.35 bits per heavy atom. The third-order valence-electron chi connectivity index (χ3n) is 3.68. The van der Waals surface area contributed by atoms with E-state index >= 15 is 0 Å². The minimum atomic E-state index is -4.47. The van der Waals surface area contributed by atoms with Crippen molar-refractivity contribution in [1.82, 2.24) is 5.32 Å². The summed E-state index contributed by atoms with van der Waals surface area (Å²) in [7, 11) is 0. The van der Waals surface area contributed by atoms with Crippen LogP contribution in [0.3, 0.4) is 0 Å². The number of rotatable bonds is 6. The zero-order valence-corrected chi connectivity index (χ0v) is 14.3. The maximum atomic E-state index is 12.7. The molecule has 0 saturated carbocycles. The third-order valence-corrected chi connectivity index (χ3v) is 3.68.